The molecule has 1 fully saturated rings. The van der Waals surface area contributed by atoms with Crippen LogP contribution in [0, 0.1) is 15.4 Å². The Hall–Kier alpha value is -1.68. The first kappa shape index (κ1) is 23.6. The van der Waals surface area contributed by atoms with Gasteiger partial charge in [0.05, 0.1) is 24.0 Å². The lowest BCUT2D eigenvalue weighted by atomic mass is 10.0. The number of halogens is 1. The highest BCUT2D eigenvalue weighted by molar-refractivity contribution is 14.1. The molecule has 1 aromatic rings. The van der Waals surface area contributed by atoms with Gasteiger partial charge >= 0.3 is 17.9 Å². The fourth-order valence-corrected chi connectivity index (χ4v) is 3.00. The summed E-state index contributed by atoms with van der Waals surface area (Å²) in [6.07, 6.45) is -1.81. The van der Waals surface area contributed by atoms with E-state index >= 15 is 0 Å². The van der Waals surface area contributed by atoms with Crippen LogP contribution in [0.3, 0.4) is 0 Å². The molecule has 0 unspecified atom stereocenters. The van der Waals surface area contributed by atoms with Crippen molar-refractivity contribution in [2.45, 2.75) is 52.4 Å². The molecule has 3 atom stereocenters. The van der Waals surface area contributed by atoms with E-state index in [1.807, 2.05) is 12.1 Å². The highest BCUT2D eigenvalue weighted by Crippen LogP contribution is 2.24. The molecule has 1 aliphatic rings. The van der Waals surface area contributed by atoms with E-state index in [9.17, 15) is 14.4 Å². The number of ether oxygens (including phenoxy) is 4. The molecular weight excluding hydrogens is 491 g/mol. The highest BCUT2D eigenvalue weighted by Gasteiger charge is 2.41. The van der Waals surface area contributed by atoms with Gasteiger partial charge in [-0.25, -0.2) is 4.79 Å². The molecule has 1 heterocycles. The predicted molar refractivity (Wildman–Crippen MR) is 113 cm³/mol. The van der Waals surface area contributed by atoms with Crippen LogP contribution >= 0.6 is 22.6 Å². The Bertz CT molecular complexity index is 714. The van der Waals surface area contributed by atoms with Crippen molar-refractivity contribution in [3.05, 3.63) is 33.4 Å². The second-order valence-corrected chi connectivity index (χ2v) is 8.74. The van der Waals surface area contributed by atoms with Gasteiger partial charge in [-0.05, 0) is 46.9 Å². The average Bonchev–Trinajstić information content (AvgIpc) is 2.68. The molecule has 0 radical (unpaired) electrons. The van der Waals surface area contributed by atoms with Gasteiger partial charge in [0.25, 0.3) is 0 Å². The molecule has 2 rings (SSSR count). The van der Waals surface area contributed by atoms with Crippen molar-refractivity contribution >= 4 is 40.5 Å². The Morgan fingerprint density at radius 2 is 1.62 bits per heavy atom. The second-order valence-electron chi connectivity index (χ2n) is 7.49. The van der Waals surface area contributed by atoms with Crippen LogP contribution in [0.25, 0.3) is 0 Å². The number of hydrogen-bond donors (Lipinski definition) is 0. The Morgan fingerprint density at radius 1 is 1.03 bits per heavy atom. The Balaban J connectivity index is 2.09. The van der Waals surface area contributed by atoms with E-state index in [-0.39, 0.29) is 24.4 Å². The van der Waals surface area contributed by atoms with Crippen LogP contribution in [0.2, 0.25) is 0 Å². The molecule has 29 heavy (non-hydrogen) atoms. The summed E-state index contributed by atoms with van der Waals surface area (Å²) in [4.78, 5) is 36.6. The molecule has 0 aromatic heterocycles. The molecule has 7 nitrogen and oxygen atoms in total. The van der Waals surface area contributed by atoms with Crippen molar-refractivity contribution in [2.24, 2.45) is 11.8 Å². The van der Waals surface area contributed by atoms with E-state index in [1.54, 1.807) is 39.8 Å². The Morgan fingerprint density at radius 3 is 2.21 bits per heavy atom. The van der Waals surface area contributed by atoms with Gasteiger partial charge in [0.1, 0.15) is 18.8 Å². The molecule has 0 bridgehead atoms. The maximum Gasteiger partial charge on any atom is 0.338 e. The lowest BCUT2D eigenvalue weighted by molar-refractivity contribution is -0.203. The maximum atomic E-state index is 12.3. The zero-order valence-electron chi connectivity index (χ0n) is 17.1. The van der Waals surface area contributed by atoms with Gasteiger partial charge in [-0.1, -0.05) is 27.7 Å². The zero-order chi connectivity index (χ0) is 21.6. The minimum absolute atomic E-state index is 0.114. The largest absolute Gasteiger partial charge is 0.459 e. The lowest BCUT2D eigenvalue weighted by Crippen LogP contribution is -2.51. The number of rotatable bonds is 7. The van der Waals surface area contributed by atoms with Crippen molar-refractivity contribution in [1.29, 1.82) is 0 Å². The van der Waals surface area contributed by atoms with Gasteiger partial charge in [-0.15, -0.1) is 0 Å². The van der Waals surface area contributed by atoms with Crippen molar-refractivity contribution in [3.8, 4) is 0 Å². The molecule has 0 aliphatic carbocycles. The standard InChI is InChI=1S/C21H27IO7/c1-12(2)19(23)28-16-9-10-26-17(18(16)29-20(24)13(3)4)11-27-21(25)14-5-7-15(22)8-6-14/h5-8,12-13,16-18H,9-11H2,1-4H3/t16-,17-,18+/m1/s1. The third kappa shape index (κ3) is 6.95. The molecule has 0 saturated carbocycles. The maximum absolute atomic E-state index is 12.3. The molecule has 1 saturated heterocycles. The monoisotopic (exact) mass is 518 g/mol. The summed E-state index contributed by atoms with van der Waals surface area (Å²) in [5, 5.41) is 0. The van der Waals surface area contributed by atoms with Crippen LogP contribution in [-0.2, 0) is 28.5 Å². The summed E-state index contributed by atoms with van der Waals surface area (Å²) in [6.45, 7) is 7.09. The van der Waals surface area contributed by atoms with Crippen LogP contribution in [-0.4, -0.2) is 49.4 Å². The Labute approximate surface area is 184 Å². The lowest BCUT2D eigenvalue weighted by Gasteiger charge is -2.37. The number of hydrogen-bond acceptors (Lipinski definition) is 7. The van der Waals surface area contributed by atoms with Crippen LogP contribution in [0.1, 0.15) is 44.5 Å². The number of benzene rings is 1. The minimum Gasteiger partial charge on any atom is -0.459 e. The van der Waals surface area contributed by atoms with Crippen molar-refractivity contribution in [2.75, 3.05) is 13.2 Å². The van der Waals surface area contributed by atoms with Crippen molar-refractivity contribution in [1.82, 2.24) is 0 Å². The smallest absolute Gasteiger partial charge is 0.338 e. The van der Waals surface area contributed by atoms with E-state index in [0.29, 0.717) is 18.6 Å². The first-order valence-electron chi connectivity index (χ1n) is 9.64. The number of esters is 3. The summed E-state index contributed by atoms with van der Waals surface area (Å²) >= 11 is 2.15. The van der Waals surface area contributed by atoms with Crippen molar-refractivity contribution in [3.63, 3.8) is 0 Å². The molecule has 1 aromatic carbocycles. The SMILES string of the molecule is CC(C)C(=O)O[C@@H]1[C@@H](COC(=O)c2ccc(I)cc2)OCC[C@H]1OC(=O)C(C)C. The third-order valence-electron chi connectivity index (χ3n) is 4.39. The molecule has 1 aliphatic heterocycles. The fourth-order valence-electron chi connectivity index (χ4n) is 2.64. The third-order valence-corrected chi connectivity index (χ3v) is 5.11. The summed E-state index contributed by atoms with van der Waals surface area (Å²) in [7, 11) is 0. The van der Waals surface area contributed by atoms with E-state index in [0.717, 1.165) is 3.57 Å². The average molecular weight is 518 g/mol. The Kier molecular flexibility index (Phi) is 8.88. The summed E-state index contributed by atoms with van der Waals surface area (Å²) in [5.74, 6) is -1.97. The van der Waals surface area contributed by atoms with Gasteiger partial charge in [-0.2, -0.15) is 0 Å². The van der Waals surface area contributed by atoms with Crippen LogP contribution < -0.4 is 0 Å². The molecule has 0 amide bonds. The van der Waals surface area contributed by atoms with E-state index in [2.05, 4.69) is 22.6 Å². The fraction of sp³-hybridized carbons (Fsp3) is 0.571. The molecular formula is C21H27IO7. The molecule has 0 spiro atoms. The van der Waals surface area contributed by atoms with E-state index < -0.39 is 30.3 Å². The zero-order valence-corrected chi connectivity index (χ0v) is 19.2. The van der Waals surface area contributed by atoms with Gasteiger partial charge in [0.15, 0.2) is 6.10 Å². The van der Waals surface area contributed by atoms with Gasteiger partial charge in [-0.3, -0.25) is 9.59 Å². The topological polar surface area (TPSA) is 88.1 Å². The second kappa shape index (κ2) is 10.9. The molecule has 160 valence electrons. The number of carbonyl (C=O) groups is 3. The van der Waals surface area contributed by atoms with Gasteiger partial charge in [0.2, 0.25) is 0 Å². The van der Waals surface area contributed by atoms with E-state index in [4.69, 9.17) is 18.9 Å². The van der Waals surface area contributed by atoms with E-state index in [1.165, 1.54) is 0 Å². The summed E-state index contributed by atoms with van der Waals surface area (Å²) < 4.78 is 23.2. The predicted octanol–water partition coefficient (Wildman–Crippen LogP) is 3.37. The quantitative estimate of drug-likeness (QED) is 0.311. The minimum atomic E-state index is -0.842. The first-order chi connectivity index (χ1) is 13.7. The summed E-state index contributed by atoms with van der Waals surface area (Å²) in [6, 6.07) is 6.97. The molecule has 8 heteroatoms. The molecule has 0 N–H and O–H groups in total. The number of carbonyl (C=O) groups excluding carboxylic acids is 3. The van der Waals surface area contributed by atoms with Crippen LogP contribution in [0.15, 0.2) is 24.3 Å². The van der Waals surface area contributed by atoms with Gasteiger partial charge < -0.3 is 18.9 Å². The van der Waals surface area contributed by atoms with Crippen molar-refractivity contribution < 1.29 is 33.3 Å². The van der Waals surface area contributed by atoms with Gasteiger partial charge in [0, 0.05) is 9.99 Å². The first-order valence-corrected chi connectivity index (χ1v) is 10.7. The van der Waals surface area contributed by atoms with Crippen LogP contribution in [0.5, 0.6) is 0 Å². The highest BCUT2D eigenvalue weighted by atomic mass is 127. The normalized spacial score (nSPS) is 21.7. The summed E-state index contributed by atoms with van der Waals surface area (Å²) in [5.41, 5.74) is 0.416. The van der Waals surface area contributed by atoms with Crippen LogP contribution in [0.4, 0.5) is 0 Å².